The summed E-state index contributed by atoms with van der Waals surface area (Å²) in [5.74, 6) is 0.137. The van der Waals surface area contributed by atoms with Crippen LogP contribution in [0.3, 0.4) is 0 Å². The standard InChI is InChI=1S/C14H7ClN2O4/c15-9-3-1-8(2-4-9)13-16-12-6-5-10(17(19)20)7-11(12)14(18)21-13/h1-7H. The second kappa shape index (κ2) is 4.99. The fourth-order valence-electron chi connectivity index (χ4n) is 1.89. The lowest BCUT2D eigenvalue weighted by molar-refractivity contribution is -0.384. The summed E-state index contributed by atoms with van der Waals surface area (Å²) in [6, 6.07) is 10.5. The first-order valence-electron chi connectivity index (χ1n) is 5.90. The van der Waals surface area contributed by atoms with Crippen LogP contribution in [0, 0.1) is 10.1 Å². The summed E-state index contributed by atoms with van der Waals surface area (Å²) >= 11 is 5.80. The molecule has 3 aromatic rings. The van der Waals surface area contributed by atoms with Gasteiger partial charge in [-0.2, -0.15) is 0 Å². The Kier molecular flexibility index (Phi) is 3.15. The lowest BCUT2D eigenvalue weighted by Gasteiger charge is -2.01. The summed E-state index contributed by atoms with van der Waals surface area (Å²) in [6.45, 7) is 0. The van der Waals surface area contributed by atoms with Gasteiger partial charge in [-0.05, 0) is 30.3 Å². The Morgan fingerprint density at radius 3 is 2.52 bits per heavy atom. The van der Waals surface area contributed by atoms with Crippen LogP contribution in [-0.4, -0.2) is 9.91 Å². The van der Waals surface area contributed by atoms with Crippen molar-refractivity contribution in [1.29, 1.82) is 0 Å². The van der Waals surface area contributed by atoms with Crippen LogP contribution in [0.4, 0.5) is 5.69 Å². The average Bonchev–Trinajstić information content (AvgIpc) is 2.47. The molecule has 7 heteroatoms. The molecule has 0 bridgehead atoms. The quantitative estimate of drug-likeness (QED) is 0.535. The Morgan fingerprint density at radius 2 is 1.86 bits per heavy atom. The Balaban J connectivity index is 2.20. The summed E-state index contributed by atoms with van der Waals surface area (Å²) in [5, 5.41) is 11.3. The second-order valence-electron chi connectivity index (χ2n) is 4.27. The lowest BCUT2D eigenvalue weighted by atomic mass is 10.2. The third kappa shape index (κ3) is 2.48. The van der Waals surface area contributed by atoms with E-state index in [4.69, 9.17) is 16.0 Å². The average molecular weight is 303 g/mol. The van der Waals surface area contributed by atoms with Crippen molar-refractivity contribution >= 4 is 28.2 Å². The van der Waals surface area contributed by atoms with Gasteiger partial charge in [0, 0.05) is 22.7 Å². The molecule has 1 heterocycles. The van der Waals surface area contributed by atoms with Crippen molar-refractivity contribution in [2.45, 2.75) is 0 Å². The number of nitrogens with zero attached hydrogens (tertiary/aromatic N) is 2. The number of non-ortho nitro benzene ring substituents is 1. The molecule has 0 aliphatic heterocycles. The van der Waals surface area contributed by atoms with Gasteiger partial charge in [-0.1, -0.05) is 11.6 Å². The van der Waals surface area contributed by atoms with E-state index in [1.54, 1.807) is 24.3 Å². The molecule has 0 saturated carbocycles. The second-order valence-corrected chi connectivity index (χ2v) is 4.71. The molecule has 0 amide bonds. The van der Waals surface area contributed by atoms with Gasteiger partial charge in [-0.25, -0.2) is 9.78 Å². The van der Waals surface area contributed by atoms with Crippen LogP contribution in [0.15, 0.2) is 51.7 Å². The van der Waals surface area contributed by atoms with Crippen LogP contribution in [0.5, 0.6) is 0 Å². The molecule has 0 unspecified atom stereocenters. The number of rotatable bonds is 2. The number of aromatic nitrogens is 1. The zero-order valence-electron chi connectivity index (χ0n) is 10.4. The predicted molar refractivity (Wildman–Crippen MR) is 77.4 cm³/mol. The number of halogens is 1. The van der Waals surface area contributed by atoms with E-state index in [1.807, 2.05) is 0 Å². The molecule has 0 atom stereocenters. The minimum absolute atomic E-state index is 0.0712. The van der Waals surface area contributed by atoms with Gasteiger partial charge in [-0.15, -0.1) is 0 Å². The molecule has 2 aromatic carbocycles. The zero-order valence-corrected chi connectivity index (χ0v) is 11.2. The summed E-state index contributed by atoms with van der Waals surface area (Å²) in [5.41, 5.74) is 0.0723. The van der Waals surface area contributed by atoms with Gasteiger partial charge < -0.3 is 4.42 Å². The number of hydrogen-bond acceptors (Lipinski definition) is 5. The highest BCUT2D eigenvalue weighted by atomic mass is 35.5. The van der Waals surface area contributed by atoms with E-state index < -0.39 is 10.5 Å². The number of hydrogen-bond donors (Lipinski definition) is 0. The van der Waals surface area contributed by atoms with E-state index in [9.17, 15) is 14.9 Å². The van der Waals surface area contributed by atoms with Gasteiger partial charge >= 0.3 is 5.63 Å². The Bertz CT molecular complexity index is 903. The predicted octanol–water partition coefficient (Wildman–Crippen LogP) is 3.42. The maximum absolute atomic E-state index is 12.0. The lowest BCUT2D eigenvalue weighted by Crippen LogP contribution is -2.03. The maximum atomic E-state index is 12.0. The van der Waals surface area contributed by atoms with Gasteiger partial charge in [0.25, 0.3) is 5.69 Å². The van der Waals surface area contributed by atoms with Crippen molar-refractivity contribution in [3.8, 4) is 11.5 Å². The van der Waals surface area contributed by atoms with Crippen molar-refractivity contribution in [3.05, 3.63) is 68.0 Å². The summed E-state index contributed by atoms with van der Waals surface area (Å²) in [4.78, 5) is 26.3. The highest BCUT2D eigenvalue weighted by molar-refractivity contribution is 6.30. The minimum atomic E-state index is -0.673. The van der Waals surface area contributed by atoms with Crippen molar-refractivity contribution in [2.75, 3.05) is 0 Å². The third-order valence-corrected chi connectivity index (χ3v) is 3.17. The van der Waals surface area contributed by atoms with Crippen molar-refractivity contribution in [3.63, 3.8) is 0 Å². The van der Waals surface area contributed by atoms with Crippen LogP contribution in [0.25, 0.3) is 22.4 Å². The largest absolute Gasteiger partial charge is 0.403 e. The number of fused-ring (bicyclic) bond motifs is 1. The van der Waals surface area contributed by atoms with Gasteiger partial charge in [0.1, 0.15) is 0 Å². The van der Waals surface area contributed by atoms with Crippen LogP contribution < -0.4 is 5.63 Å². The smallest absolute Gasteiger partial charge is 0.347 e. The summed E-state index contributed by atoms with van der Waals surface area (Å²) < 4.78 is 5.12. The number of benzene rings is 2. The molecule has 104 valence electrons. The van der Waals surface area contributed by atoms with E-state index in [-0.39, 0.29) is 17.0 Å². The van der Waals surface area contributed by atoms with Crippen LogP contribution >= 0.6 is 11.6 Å². The molecule has 0 N–H and O–H groups in total. The van der Waals surface area contributed by atoms with Crippen LogP contribution in [-0.2, 0) is 0 Å². The van der Waals surface area contributed by atoms with Gasteiger partial charge in [0.2, 0.25) is 5.89 Å². The molecular weight excluding hydrogens is 296 g/mol. The highest BCUT2D eigenvalue weighted by Gasteiger charge is 2.13. The molecule has 6 nitrogen and oxygen atoms in total. The molecule has 0 aliphatic rings. The van der Waals surface area contributed by atoms with E-state index in [0.29, 0.717) is 16.1 Å². The molecule has 1 aromatic heterocycles. The van der Waals surface area contributed by atoms with Crippen molar-refractivity contribution in [1.82, 2.24) is 4.98 Å². The van der Waals surface area contributed by atoms with Crippen molar-refractivity contribution in [2.24, 2.45) is 0 Å². The first kappa shape index (κ1) is 13.3. The van der Waals surface area contributed by atoms with E-state index in [0.717, 1.165) is 6.07 Å². The third-order valence-electron chi connectivity index (χ3n) is 2.91. The van der Waals surface area contributed by atoms with Gasteiger partial charge in [0.15, 0.2) is 0 Å². The molecule has 0 saturated heterocycles. The van der Waals surface area contributed by atoms with Crippen LogP contribution in [0.1, 0.15) is 0 Å². The Morgan fingerprint density at radius 1 is 1.14 bits per heavy atom. The number of nitro benzene ring substituents is 1. The first-order chi connectivity index (χ1) is 10.0. The van der Waals surface area contributed by atoms with E-state index in [1.165, 1.54) is 12.1 Å². The Hall–Kier alpha value is -2.73. The maximum Gasteiger partial charge on any atom is 0.347 e. The minimum Gasteiger partial charge on any atom is -0.403 e. The highest BCUT2D eigenvalue weighted by Crippen LogP contribution is 2.22. The molecule has 0 radical (unpaired) electrons. The number of nitro groups is 1. The van der Waals surface area contributed by atoms with Crippen LogP contribution in [0.2, 0.25) is 5.02 Å². The normalized spacial score (nSPS) is 10.7. The first-order valence-corrected chi connectivity index (χ1v) is 6.27. The molecule has 0 aliphatic carbocycles. The van der Waals surface area contributed by atoms with Gasteiger partial charge in [-0.3, -0.25) is 10.1 Å². The SMILES string of the molecule is O=c1oc(-c2ccc(Cl)cc2)nc2ccc([N+](=O)[O-])cc12. The molecular formula is C14H7ClN2O4. The molecule has 3 rings (SSSR count). The molecule has 0 spiro atoms. The summed E-state index contributed by atoms with van der Waals surface area (Å²) in [6.07, 6.45) is 0. The fraction of sp³-hybridized carbons (Fsp3) is 0. The monoisotopic (exact) mass is 302 g/mol. The zero-order chi connectivity index (χ0) is 15.0. The molecule has 0 fully saturated rings. The van der Waals surface area contributed by atoms with Gasteiger partial charge in [0.05, 0.1) is 15.8 Å². The fourth-order valence-corrected chi connectivity index (χ4v) is 2.02. The topological polar surface area (TPSA) is 86.2 Å². The van der Waals surface area contributed by atoms with E-state index >= 15 is 0 Å². The Labute approximate surface area is 122 Å². The van der Waals surface area contributed by atoms with E-state index in [2.05, 4.69) is 4.98 Å². The van der Waals surface area contributed by atoms with Crippen molar-refractivity contribution < 1.29 is 9.34 Å². The molecule has 21 heavy (non-hydrogen) atoms. The summed E-state index contributed by atoms with van der Waals surface area (Å²) in [7, 11) is 0.